The van der Waals surface area contributed by atoms with Crippen LogP contribution in [0.5, 0.6) is 0 Å². The Morgan fingerprint density at radius 2 is 1.09 bits per heavy atom. The van der Waals surface area contributed by atoms with E-state index in [0.717, 1.165) is 24.3 Å². The maximum atomic E-state index is 9.75. The van der Waals surface area contributed by atoms with Gasteiger partial charge in [0, 0.05) is 6.92 Å². The Kier molecular flexibility index (Phi) is 15.9. The summed E-state index contributed by atoms with van der Waals surface area (Å²) in [6.07, 6.45) is 8.63. The van der Waals surface area contributed by atoms with Gasteiger partial charge in [-0.15, -0.1) is 0 Å². The molecule has 34 heavy (non-hydrogen) atoms. The van der Waals surface area contributed by atoms with Gasteiger partial charge >= 0.3 is 14.5 Å². The minimum Gasteiger partial charge on any atom is -0.418 e. The zero-order chi connectivity index (χ0) is 26.3. The minimum absolute atomic E-state index is 0.315. The Morgan fingerprint density at radius 1 is 0.647 bits per heavy atom. The molecule has 2 aliphatic heterocycles. The van der Waals surface area contributed by atoms with Gasteiger partial charge in [0.15, 0.2) is 6.23 Å². The lowest BCUT2D eigenvalue weighted by molar-refractivity contribution is -0.972. The molecule has 4 nitrogen and oxygen atoms in total. The molecule has 0 saturated carbocycles. The third kappa shape index (κ3) is 16.9. The lowest BCUT2D eigenvalue weighted by Crippen LogP contribution is -2.58. The molecule has 0 spiro atoms. The van der Waals surface area contributed by atoms with Crippen LogP contribution in [0.3, 0.4) is 0 Å². The first-order valence-electron chi connectivity index (χ1n) is 12.3. The number of hydrogen-bond donors (Lipinski definition) is 0. The topological polar surface area (TPSA) is 18.5 Å². The lowest BCUT2D eigenvalue weighted by Gasteiger charge is -2.44. The number of hydrogen-bond acceptors (Lipinski definition) is 2. The summed E-state index contributed by atoms with van der Waals surface area (Å²) >= 11 is 0. The number of piperidine rings is 2. The van der Waals surface area contributed by atoms with Crippen molar-refractivity contribution in [3.8, 4) is 0 Å². The van der Waals surface area contributed by atoms with Crippen LogP contribution in [-0.2, 0) is 9.47 Å². The zero-order valence-electron chi connectivity index (χ0n) is 20.8. The van der Waals surface area contributed by atoms with Gasteiger partial charge in [-0.3, -0.25) is 4.48 Å². The number of likely N-dealkylation sites (tertiary alicyclic amines) is 2. The molecule has 1 atom stereocenters. The molecule has 0 amide bonds. The molecule has 14 heteroatoms. The summed E-state index contributed by atoms with van der Waals surface area (Å²) in [6.45, 7) is 18.2. The van der Waals surface area contributed by atoms with E-state index >= 15 is 0 Å². The normalized spacial score (nSPS) is 20.9. The summed E-state index contributed by atoms with van der Waals surface area (Å²) in [5.74, 6) is 0. The highest BCUT2D eigenvalue weighted by atomic mass is 19.5. The molecule has 2 saturated heterocycles. The first-order chi connectivity index (χ1) is 15.7. The first kappa shape index (κ1) is 33.4. The van der Waals surface area contributed by atoms with Crippen LogP contribution in [0.25, 0.3) is 0 Å². The maximum absolute atomic E-state index is 9.75. The fourth-order valence-corrected chi connectivity index (χ4v) is 4.76. The van der Waals surface area contributed by atoms with Crippen LogP contribution in [0, 0.1) is 0 Å². The van der Waals surface area contributed by atoms with Gasteiger partial charge in [-0.2, -0.15) is 0 Å². The summed E-state index contributed by atoms with van der Waals surface area (Å²) in [5.41, 5.74) is 0. The number of ether oxygens (including phenoxy) is 2. The Labute approximate surface area is 199 Å². The number of nitrogens with zero attached hydrogens (tertiary/aromatic N) is 2. The number of likely N-dealkylation sites (N-methyl/N-ethyl adjacent to an activating group) is 1. The smallest absolute Gasteiger partial charge is 0.418 e. The van der Waals surface area contributed by atoms with E-state index in [2.05, 4.69) is 20.8 Å². The Hall–Kier alpha value is -0.590. The molecule has 0 aromatic heterocycles. The van der Waals surface area contributed by atoms with E-state index in [0.29, 0.717) is 6.23 Å². The van der Waals surface area contributed by atoms with E-state index in [4.69, 9.17) is 9.47 Å². The molecule has 2 heterocycles. The van der Waals surface area contributed by atoms with Crippen LogP contribution in [0.4, 0.5) is 34.5 Å². The van der Waals surface area contributed by atoms with Crippen molar-refractivity contribution in [1.29, 1.82) is 0 Å². The highest BCUT2D eigenvalue weighted by molar-refractivity contribution is 6.50. The number of rotatable bonds is 10. The minimum atomic E-state index is -6.00. The molecule has 0 aromatic rings. The largest absolute Gasteiger partial charge is 0.673 e. The fourth-order valence-electron chi connectivity index (χ4n) is 4.76. The van der Waals surface area contributed by atoms with Gasteiger partial charge in [-0.05, 0) is 52.4 Å². The number of quaternary nitrogens is 2. The van der Waals surface area contributed by atoms with E-state index in [1.165, 1.54) is 88.8 Å². The van der Waals surface area contributed by atoms with Crippen LogP contribution < -0.4 is 0 Å². The average molecular weight is 516 g/mol. The van der Waals surface area contributed by atoms with Crippen LogP contribution in [0.2, 0.25) is 0 Å². The zero-order valence-corrected chi connectivity index (χ0v) is 20.8. The number of halogens is 8. The molecule has 0 N–H and O–H groups in total. The summed E-state index contributed by atoms with van der Waals surface area (Å²) in [4.78, 5) is 0. The summed E-state index contributed by atoms with van der Waals surface area (Å²) in [6, 6.07) is 0. The second-order valence-electron chi connectivity index (χ2n) is 9.00. The van der Waals surface area contributed by atoms with Crippen molar-refractivity contribution in [3.05, 3.63) is 0 Å². The monoisotopic (exact) mass is 516 g/mol. The van der Waals surface area contributed by atoms with E-state index in [-0.39, 0.29) is 0 Å². The fraction of sp³-hybridized carbons (Fsp3) is 1.00. The van der Waals surface area contributed by atoms with Crippen molar-refractivity contribution in [2.75, 3.05) is 65.6 Å². The van der Waals surface area contributed by atoms with Crippen LogP contribution >= 0.6 is 0 Å². The predicted molar refractivity (Wildman–Crippen MR) is 120 cm³/mol. The Morgan fingerprint density at radius 3 is 1.50 bits per heavy atom. The molecule has 0 radical (unpaired) electrons. The Balaban J connectivity index is 0.000000916. The molecule has 2 aliphatic rings. The summed E-state index contributed by atoms with van der Waals surface area (Å²) in [7, 11) is -12.0. The second-order valence-corrected chi connectivity index (χ2v) is 9.00. The highest BCUT2D eigenvalue weighted by Gasteiger charge is 2.34. The quantitative estimate of drug-likeness (QED) is 0.153. The van der Waals surface area contributed by atoms with E-state index in [1.54, 1.807) is 0 Å². The first-order valence-corrected chi connectivity index (χ1v) is 12.3. The Bertz CT molecular complexity index is 492. The summed E-state index contributed by atoms with van der Waals surface area (Å²) < 4.78 is 92.5. The van der Waals surface area contributed by atoms with Crippen molar-refractivity contribution < 1.29 is 53.0 Å². The van der Waals surface area contributed by atoms with Gasteiger partial charge in [0.25, 0.3) is 0 Å². The van der Waals surface area contributed by atoms with Gasteiger partial charge in [0.2, 0.25) is 0 Å². The van der Waals surface area contributed by atoms with Crippen LogP contribution in [-0.4, -0.2) is 95.3 Å². The second kappa shape index (κ2) is 16.2. The van der Waals surface area contributed by atoms with Gasteiger partial charge in [-0.1, -0.05) is 0 Å². The van der Waals surface area contributed by atoms with Gasteiger partial charge in [0.1, 0.15) is 6.54 Å². The van der Waals surface area contributed by atoms with Gasteiger partial charge in [0.05, 0.1) is 59.1 Å². The van der Waals surface area contributed by atoms with Crippen molar-refractivity contribution in [1.82, 2.24) is 0 Å². The molecular formula is C20H42B2F8N2O2. The molecular weight excluding hydrogens is 474 g/mol. The molecule has 0 aliphatic carbocycles. The van der Waals surface area contributed by atoms with E-state index in [1.807, 2.05) is 0 Å². The molecule has 0 bridgehead atoms. The van der Waals surface area contributed by atoms with Gasteiger partial charge in [-0.25, -0.2) is 0 Å². The molecule has 2 fully saturated rings. The molecule has 206 valence electrons. The molecule has 0 aromatic carbocycles. The average Bonchev–Trinajstić information content (AvgIpc) is 2.75. The van der Waals surface area contributed by atoms with Crippen LogP contribution in [0.1, 0.15) is 59.3 Å². The van der Waals surface area contributed by atoms with Crippen molar-refractivity contribution in [2.24, 2.45) is 0 Å². The van der Waals surface area contributed by atoms with E-state index < -0.39 is 14.5 Å². The predicted octanol–water partition coefficient (Wildman–Crippen LogP) is 6.01. The third-order valence-electron chi connectivity index (χ3n) is 6.84. The lowest BCUT2D eigenvalue weighted by atomic mass is 10.1. The van der Waals surface area contributed by atoms with Crippen molar-refractivity contribution in [3.63, 3.8) is 0 Å². The molecule has 2 rings (SSSR count). The summed E-state index contributed by atoms with van der Waals surface area (Å²) in [5, 5.41) is 0. The molecule has 1 unspecified atom stereocenters. The van der Waals surface area contributed by atoms with Crippen molar-refractivity contribution >= 4 is 14.5 Å². The highest BCUT2D eigenvalue weighted by Crippen LogP contribution is 2.23. The third-order valence-corrected chi connectivity index (χ3v) is 6.84. The van der Waals surface area contributed by atoms with Gasteiger partial charge < -0.3 is 48.5 Å². The maximum Gasteiger partial charge on any atom is 0.673 e. The van der Waals surface area contributed by atoms with Crippen molar-refractivity contribution in [2.45, 2.75) is 65.5 Å². The standard InChI is InChI=1S/C20H42N2O2.2BF4/c1-4-21(12-8-6-9-13-21)16-17-23-18-19-24-20(3)22(5-2)14-10-7-11-15-22;2*2-1(3,4)5/h20H,4-19H2,1-3H3;;/q+2;2*-1. The van der Waals surface area contributed by atoms with Crippen LogP contribution in [0.15, 0.2) is 0 Å². The SMILES string of the molecule is CC[N+]1(CCOCCOC(C)[N+]2(CC)CCCCC2)CCCCC1.F[B-](F)(F)F.F[B-](F)(F)F. The van der Waals surface area contributed by atoms with E-state index in [9.17, 15) is 34.5 Å².